The molecule has 1 fully saturated rings. The van der Waals surface area contributed by atoms with Crippen molar-refractivity contribution in [1.82, 2.24) is 20.3 Å². The molecule has 0 unspecified atom stereocenters. The zero-order chi connectivity index (χ0) is 23.9. The Kier molecular flexibility index (Phi) is 7.64. The van der Waals surface area contributed by atoms with Crippen molar-refractivity contribution < 1.29 is 8.78 Å². The number of benzene rings is 2. The topological polar surface area (TPSA) is 92.0 Å². The lowest BCUT2D eigenvalue weighted by Gasteiger charge is -2.33. The van der Waals surface area contributed by atoms with Crippen LogP contribution in [0.5, 0.6) is 0 Å². The van der Waals surface area contributed by atoms with Gasteiger partial charge in [-0.05, 0) is 48.2 Å². The van der Waals surface area contributed by atoms with Gasteiger partial charge in [0.05, 0.1) is 0 Å². The number of anilines is 3. The highest BCUT2D eigenvalue weighted by Gasteiger charge is 2.23. The van der Waals surface area contributed by atoms with Crippen LogP contribution in [0.1, 0.15) is 29.9 Å². The van der Waals surface area contributed by atoms with Gasteiger partial charge in [0.1, 0.15) is 11.6 Å². The molecule has 1 aromatic heterocycles. The van der Waals surface area contributed by atoms with Gasteiger partial charge in [0.25, 0.3) is 0 Å². The van der Waals surface area contributed by atoms with Crippen molar-refractivity contribution in [2.45, 2.75) is 24.8 Å². The summed E-state index contributed by atoms with van der Waals surface area (Å²) in [6.45, 7) is 6.44. The van der Waals surface area contributed by atoms with Crippen molar-refractivity contribution >= 4 is 17.8 Å². The lowest BCUT2D eigenvalue weighted by Crippen LogP contribution is -2.44. The molecule has 4 rings (SSSR count). The molecule has 178 valence electrons. The van der Waals surface area contributed by atoms with Crippen LogP contribution < -0.4 is 21.3 Å². The van der Waals surface area contributed by atoms with E-state index in [4.69, 9.17) is 5.73 Å². The molecule has 1 aliphatic heterocycles. The number of halogens is 2. The van der Waals surface area contributed by atoms with Crippen LogP contribution in [0, 0.1) is 11.6 Å². The molecule has 0 amide bonds. The third-order valence-corrected chi connectivity index (χ3v) is 5.98. The van der Waals surface area contributed by atoms with E-state index < -0.39 is 0 Å². The summed E-state index contributed by atoms with van der Waals surface area (Å²) in [5.74, 6) is 0.615. The maximum absolute atomic E-state index is 13.5. The number of rotatable bonds is 9. The van der Waals surface area contributed by atoms with Crippen molar-refractivity contribution in [3.05, 3.63) is 83.9 Å². The first-order valence-electron chi connectivity index (χ1n) is 11.4. The van der Waals surface area contributed by atoms with Crippen LogP contribution in [0.3, 0.4) is 0 Å². The van der Waals surface area contributed by atoms with Crippen LogP contribution in [-0.2, 0) is 0 Å². The van der Waals surface area contributed by atoms with Crippen molar-refractivity contribution in [1.29, 1.82) is 0 Å². The smallest absolute Gasteiger partial charge is 0.231 e. The minimum atomic E-state index is -0.274. The summed E-state index contributed by atoms with van der Waals surface area (Å²) < 4.78 is 26.9. The normalized spacial score (nSPS) is 14.4. The quantitative estimate of drug-likeness (QED) is 0.415. The Morgan fingerprint density at radius 2 is 1.56 bits per heavy atom. The summed E-state index contributed by atoms with van der Waals surface area (Å²) in [7, 11) is 0. The molecular formula is C25H29F2N7. The van der Waals surface area contributed by atoms with Gasteiger partial charge in [0.15, 0.2) is 0 Å². The molecule has 7 nitrogen and oxygen atoms in total. The fourth-order valence-corrected chi connectivity index (χ4v) is 4.15. The van der Waals surface area contributed by atoms with Gasteiger partial charge in [-0.25, -0.2) is 8.78 Å². The van der Waals surface area contributed by atoms with E-state index in [2.05, 4.69) is 37.1 Å². The van der Waals surface area contributed by atoms with Gasteiger partial charge in [-0.1, -0.05) is 30.3 Å². The molecule has 0 aliphatic carbocycles. The largest absolute Gasteiger partial charge is 0.368 e. The SMILES string of the molecule is C=CCNc1nc(N)nc(N2CCC(NCC(c3ccc(F)cc3)c3ccc(F)cc3)CC2)n1. The number of nitrogens with zero attached hydrogens (tertiary/aromatic N) is 4. The van der Waals surface area contributed by atoms with Gasteiger partial charge < -0.3 is 21.3 Å². The molecule has 2 heterocycles. The molecule has 0 bridgehead atoms. The van der Waals surface area contributed by atoms with E-state index in [0.29, 0.717) is 31.0 Å². The molecule has 0 radical (unpaired) electrons. The van der Waals surface area contributed by atoms with E-state index in [-0.39, 0.29) is 23.5 Å². The predicted octanol–water partition coefficient (Wildman–Crippen LogP) is 3.72. The van der Waals surface area contributed by atoms with Gasteiger partial charge in [-0.2, -0.15) is 15.0 Å². The fraction of sp³-hybridized carbons (Fsp3) is 0.320. The Morgan fingerprint density at radius 1 is 0.971 bits per heavy atom. The molecule has 0 saturated carbocycles. The maximum Gasteiger partial charge on any atom is 0.231 e. The molecule has 0 atom stereocenters. The number of hydrogen-bond acceptors (Lipinski definition) is 7. The van der Waals surface area contributed by atoms with Crippen LogP contribution in [0.4, 0.5) is 26.6 Å². The molecule has 1 saturated heterocycles. The average molecular weight is 466 g/mol. The maximum atomic E-state index is 13.5. The number of piperidine rings is 1. The van der Waals surface area contributed by atoms with E-state index in [1.165, 1.54) is 24.3 Å². The summed E-state index contributed by atoms with van der Waals surface area (Å²) >= 11 is 0. The van der Waals surface area contributed by atoms with Crippen molar-refractivity contribution in [3.63, 3.8) is 0 Å². The van der Waals surface area contributed by atoms with Crippen molar-refractivity contribution in [3.8, 4) is 0 Å². The number of hydrogen-bond donors (Lipinski definition) is 3. The lowest BCUT2D eigenvalue weighted by molar-refractivity contribution is 0.407. The standard InChI is InChI=1S/C25H29F2N7/c1-2-13-29-24-31-23(28)32-25(33-24)34-14-11-21(12-15-34)30-16-22(17-3-7-19(26)8-4-17)18-5-9-20(27)10-6-18/h2-10,21-22,30H,1,11-16H2,(H3,28,29,31,32,33). The van der Waals surface area contributed by atoms with Crippen LogP contribution in [0.25, 0.3) is 0 Å². The Bertz CT molecular complexity index is 1040. The van der Waals surface area contributed by atoms with Gasteiger partial charge >= 0.3 is 0 Å². The highest BCUT2D eigenvalue weighted by molar-refractivity contribution is 5.42. The first-order chi connectivity index (χ1) is 16.5. The summed E-state index contributed by atoms with van der Waals surface area (Å²) in [5, 5.41) is 6.70. The van der Waals surface area contributed by atoms with E-state index in [1.807, 2.05) is 0 Å². The molecule has 0 spiro atoms. The second-order valence-electron chi connectivity index (χ2n) is 8.31. The van der Waals surface area contributed by atoms with Gasteiger partial charge in [-0.15, -0.1) is 6.58 Å². The lowest BCUT2D eigenvalue weighted by atomic mass is 9.90. The number of nitrogens with one attached hydrogen (secondary N) is 2. The van der Waals surface area contributed by atoms with E-state index >= 15 is 0 Å². The third kappa shape index (κ3) is 6.05. The van der Waals surface area contributed by atoms with E-state index in [9.17, 15) is 8.78 Å². The van der Waals surface area contributed by atoms with E-state index in [1.54, 1.807) is 30.3 Å². The molecule has 2 aromatic carbocycles. The van der Waals surface area contributed by atoms with Crippen molar-refractivity contribution in [2.24, 2.45) is 0 Å². The Labute approximate surface area is 198 Å². The minimum absolute atomic E-state index is 0.0129. The van der Waals surface area contributed by atoms with Gasteiger partial charge in [0.2, 0.25) is 17.8 Å². The molecule has 34 heavy (non-hydrogen) atoms. The van der Waals surface area contributed by atoms with Crippen LogP contribution in [0.2, 0.25) is 0 Å². The van der Waals surface area contributed by atoms with E-state index in [0.717, 1.165) is 37.1 Å². The van der Waals surface area contributed by atoms with Gasteiger partial charge in [-0.3, -0.25) is 0 Å². The third-order valence-electron chi connectivity index (χ3n) is 5.98. The second kappa shape index (κ2) is 11.0. The zero-order valence-corrected chi connectivity index (χ0v) is 18.9. The minimum Gasteiger partial charge on any atom is -0.368 e. The summed E-state index contributed by atoms with van der Waals surface area (Å²) in [5.41, 5.74) is 7.83. The summed E-state index contributed by atoms with van der Waals surface area (Å²) in [6.07, 6.45) is 3.53. The fourth-order valence-electron chi connectivity index (χ4n) is 4.15. The number of aromatic nitrogens is 3. The summed E-state index contributed by atoms with van der Waals surface area (Å²) in [6, 6.07) is 13.3. The van der Waals surface area contributed by atoms with Gasteiger partial charge in [0, 0.05) is 38.1 Å². The average Bonchev–Trinajstić information content (AvgIpc) is 2.85. The molecule has 3 aromatic rings. The van der Waals surface area contributed by atoms with Crippen LogP contribution in [0.15, 0.2) is 61.2 Å². The first kappa shape index (κ1) is 23.6. The Balaban J connectivity index is 1.39. The van der Waals surface area contributed by atoms with Crippen LogP contribution in [-0.4, -0.2) is 47.2 Å². The zero-order valence-electron chi connectivity index (χ0n) is 18.9. The van der Waals surface area contributed by atoms with Crippen molar-refractivity contribution in [2.75, 3.05) is 42.1 Å². The van der Waals surface area contributed by atoms with Crippen LogP contribution >= 0.6 is 0 Å². The molecule has 9 heteroatoms. The highest BCUT2D eigenvalue weighted by Crippen LogP contribution is 2.26. The first-order valence-corrected chi connectivity index (χ1v) is 11.4. The molecule has 1 aliphatic rings. The number of nitrogen functional groups attached to an aromatic ring is 1. The second-order valence-corrected chi connectivity index (χ2v) is 8.31. The monoisotopic (exact) mass is 465 g/mol. The predicted molar refractivity (Wildman–Crippen MR) is 131 cm³/mol. The Hall–Kier alpha value is -3.59. The highest BCUT2D eigenvalue weighted by atomic mass is 19.1. The number of nitrogens with two attached hydrogens (primary N) is 1. The molecular weight excluding hydrogens is 436 g/mol. The molecule has 4 N–H and O–H groups in total. The Morgan fingerprint density at radius 3 is 2.12 bits per heavy atom. The summed E-state index contributed by atoms with van der Waals surface area (Å²) in [4.78, 5) is 15.0.